The summed E-state index contributed by atoms with van der Waals surface area (Å²) in [5.74, 6) is 0.560. The van der Waals surface area contributed by atoms with Crippen molar-refractivity contribution in [2.24, 2.45) is 5.92 Å². The average molecular weight is 279 g/mol. The fraction of sp³-hybridized carbons (Fsp3) is 0.562. The molecule has 1 atom stereocenters. The lowest BCUT2D eigenvalue weighted by molar-refractivity contribution is 0.0142. The number of nitrogens with one attached hydrogen (secondary N) is 1. The third-order valence-corrected chi connectivity index (χ3v) is 3.42. The zero-order valence-corrected chi connectivity index (χ0v) is 12.8. The second-order valence-corrected chi connectivity index (χ2v) is 5.57. The first-order chi connectivity index (χ1) is 9.36. The van der Waals surface area contributed by atoms with E-state index >= 15 is 0 Å². The largest absolute Gasteiger partial charge is 0.494 e. The van der Waals surface area contributed by atoms with Crippen molar-refractivity contribution in [3.05, 3.63) is 29.8 Å². The lowest BCUT2D eigenvalue weighted by Gasteiger charge is -2.27. The quantitative estimate of drug-likeness (QED) is 0.806. The van der Waals surface area contributed by atoms with Crippen LogP contribution in [0.3, 0.4) is 0 Å². The molecule has 0 aliphatic carbocycles. The van der Waals surface area contributed by atoms with Crippen LogP contribution in [0.4, 0.5) is 0 Å². The monoisotopic (exact) mass is 279 g/mol. The fourth-order valence-electron chi connectivity index (χ4n) is 1.51. The van der Waals surface area contributed by atoms with E-state index < -0.39 is 5.60 Å². The summed E-state index contributed by atoms with van der Waals surface area (Å²) in [6.07, 6.45) is 0.924. The summed E-state index contributed by atoms with van der Waals surface area (Å²) < 4.78 is 5.50. The lowest BCUT2D eigenvalue weighted by atomic mass is 9.92. The summed E-state index contributed by atoms with van der Waals surface area (Å²) >= 11 is 0. The lowest BCUT2D eigenvalue weighted by Crippen LogP contribution is -2.44. The zero-order valence-electron chi connectivity index (χ0n) is 12.8. The molecule has 0 heterocycles. The van der Waals surface area contributed by atoms with Crippen LogP contribution in [0.1, 0.15) is 44.5 Å². The van der Waals surface area contributed by atoms with Crippen molar-refractivity contribution >= 4 is 5.91 Å². The number of aliphatic hydroxyl groups is 1. The Labute approximate surface area is 121 Å². The molecule has 0 aliphatic heterocycles. The maximum absolute atomic E-state index is 12.1. The Hall–Kier alpha value is -1.55. The van der Waals surface area contributed by atoms with E-state index in [1.165, 1.54) is 0 Å². The molecule has 4 heteroatoms. The molecule has 1 aromatic rings. The van der Waals surface area contributed by atoms with Gasteiger partial charge in [0, 0.05) is 12.1 Å². The Bertz CT molecular complexity index is 441. The molecular formula is C16H25NO3. The van der Waals surface area contributed by atoms with Crippen molar-refractivity contribution in [1.29, 1.82) is 0 Å². The SMILES string of the molecule is CCCOc1cccc(C(=O)NCC(C)(O)C(C)C)c1. The number of carbonyl (C=O) groups excluding carboxylic acids is 1. The first-order valence-electron chi connectivity index (χ1n) is 7.10. The molecule has 0 bridgehead atoms. The Kier molecular flexibility index (Phi) is 6.02. The van der Waals surface area contributed by atoms with Crippen LogP contribution in [-0.2, 0) is 0 Å². The van der Waals surface area contributed by atoms with Gasteiger partial charge >= 0.3 is 0 Å². The van der Waals surface area contributed by atoms with Crippen molar-refractivity contribution in [3.63, 3.8) is 0 Å². The number of ether oxygens (including phenoxy) is 1. The number of benzene rings is 1. The van der Waals surface area contributed by atoms with Crippen molar-refractivity contribution < 1.29 is 14.6 Å². The molecule has 1 aromatic carbocycles. The molecule has 0 saturated carbocycles. The molecule has 1 amide bonds. The highest BCUT2D eigenvalue weighted by atomic mass is 16.5. The van der Waals surface area contributed by atoms with E-state index in [0.717, 1.165) is 6.42 Å². The van der Waals surface area contributed by atoms with Crippen LogP contribution in [0.5, 0.6) is 5.75 Å². The van der Waals surface area contributed by atoms with Gasteiger partial charge < -0.3 is 15.2 Å². The van der Waals surface area contributed by atoms with Gasteiger partial charge in [-0.15, -0.1) is 0 Å². The Morgan fingerprint density at radius 1 is 1.45 bits per heavy atom. The Balaban J connectivity index is 2.63. The number of hydrogen-bond acceptors (Lipinski definition) is 3. The summed E-state index contributed by atoms with van der Waals surface area (Å²) in [5, 5.41) is 12.9. The molecule has 1 unspecified atom stereocenters. The van der Waals surface area contributed by atoms with Crippen LogP contribution in [0.2, 0.25) is 0 Å². The highest BCUT2D eigenvalue weighted by Gasteiger charge is 2.25. The van der Waals surface area contributed by atoms with Crippen molar-refractivity contribution in [1.82, 2.24) is 5.32 Å². The Morgan fingerprint density at radius 3 is 2.75 bits per heavy atom. The highest BCUT2D eigenvalue weighted by Crippen LogP contribution is 2.16. The second kappa shape index (κ2) is 7.29. The normalized spacial score (nSPS) is 13.9. The van der Waals surface area contributed by atoms with Gasteiger partial charge in [-0.2, -0.15) is 0 Å². The molecule has 1 rings (SSSR count). The summed E-state index contributed by atoms with van der Waals surface area (Å²) in [4.78, 5) is 12.1. The number of amides is 1. The van der Waals surface area contributed by atoms with E-state index in [1.807, 2.05) is 26.8 Å². The molecule has 0 saturated heterocycles. The van der Waals surface area contributed by atoms with Crippen LogP contribution in [0.15, 0.2) is 24.3 Å². The minimum absolute atomic E-state index is 0.0713. The standard InChI is InChI=1S/C16H25NO3/c1-5-9-20-14-8-6-7-13(10-14)15(18)17-11-16(4,19)12(2)3/h6-8,10,12,19H,5,9,11H2,1-4H3,(H,17,18). The van der Waals surface area contributed by atoms with Crippen LogP contribution in [-0.4, -0.2) is 29.8 Å². The van der Waals surface area contributed by atoms with E-state index in [4.69, 9.17) is 4.74 Å². The molecule has 0 fully saturated rings. The van der Waals surface area contributed by atoms with E-state index in [0.29, 0.717) is 17.9 Å². The minimum Gasteiger partial charge on any atom is -0.494 e. The van der Waals surface area contributed by atoms with E-state index in [9.17, 15) is 9.90 Å². The summed E-state index contributed by atoms with van der Waals surface area (Å²) in [5.41, 5.74) is -0.371. The molecule has 4 nitrogen and oxygen atoms in total. The molecule has 0 aromatic heterocycles. The third kappa shape index (κ3) is 4.85. The van der Waals surface area contributed by atoms with Crippen molar-refractivity contribution in [2.75, 3.05) is 13.2 Å². The van der Waals surface area contributed by atoms with Gasteiger partial charge in [-0.25, -0.2) is 0 Å². The summed E-state index contributed by atoms with van der Waals surface area (Å²) in [6.45, 7) is 8.46. The van der Waals surface area contributed by atoms with Gasteiger partial charge in [0.2, 0.25) is 0 Å². The number of rotatable bonds is 7. The van der Waals surface area contributed by atoms with Crippen LogP contribution in [0, 0.1) is 5.92 Å². The topological polar surface area (TPSA) is 58.6 Å². The average Bonchev–Trinajstić information content (AvgIpc) is 2.42. The predicted molar refractivity (Wildman–Crippen MR) is 80.0 cm³/mol. The smallest absolute Gasteiger partial charge is 0.251 e. The first kappa shape index (κ1) is 16.5. The summed E-state index contributed by atoms with van der Waals surface area (Å²) in [7, 11) is 0. The second-order valence-electron chi connectivity index (χ2n) is 5.57. The van der Waals surface area contributed by atoms with Gasteiger partial charge in [-0.1, -0.05) is 26.8 Å². The van der Waals surface area contributed by atoms with E-state index in [2.05, 4.69) is 5.32 Å². The van der Waals surface area contributed by atoms with E-state index in [-0.39, 0.29) is 18.4 Å². The molecule has 20 heavy (non-hydrogen) atoms. The number of carbonyl (C=O) groups is 1. The van der Waals surface area contributed by atoms with Crippen molar-refractivity contribution in [2.45, 2.75) is 39.7 Å². The minimum atomic E-state index is -0.911. The van der Waals surface area contributed by atoms with Gasteiger partial charge in [0.1, 0.15) is 5.75 Å². The van der Waals surface area contributed by atoms with Crippen LogP contribution < -0.4 is 10.1 Å². The fourth-order valence-corrected chi connectivity index (χ4v) is 1.51. The van der Waals surface area contributed by atoms with Gasteiger partial charge in [0.15, 0.2) is 0 Å². The van der Waals surface area contributed by atoms with E-state index in [1.54, 1.807) is 25.1 Å². The predicted octanol–water partition coefficient (Wildman–Crippen LogP) is 2.61. The van der Waals surface area contributed by atoms with Gasteiger partial charge in [-0.05, 0) is 37.5 Å². The molecule has 112 valence electrons. The van der Waals surface area contributed by atoms with Crippen molar-refractivity contribution in [3.8, 4) is 5.75 Å². The highest BCUT2D eigenvalue weighted by molar-refractivity contribution is 5.94. The maximum atomic E-state index is 12.1. The number of hydrogen-bond donors (Lipinski definition) is 2. The molecule has 0 spiro atoms. The maximum Gasteiger partial charge on any atom is 0.251 e. The third-order valence-electron chi connectivity index (χ3n) is 3.42. The van der Waals surface area contributed by atoms with Crippen LogP contribution >= 0.6 is 0 Å². The molecular weight excluding hydrogens is 254 g/mol. The van der Waals surface area contributed by atoms with Gasteiger partial charge in [0.05, 0.1) is 12.2 Å². The molecule has 0 radical (unpaired) electrons. The summed E-state index contributed by atoms with van der Waals surface area (Å²) in [6, 6.07) is 7.07. The Morgan fingerprint density at radius 2 is 2.15 bits per heavy atom. The molecule has 0 aliphatic rings. The first-order valence-corrected chi connectivity index (χ1v) is 7.10. The van der Waals surface area contributed by atoms with Gasteiger partial charge in [0.25, 0.3) is 5.91 Å². The van der Waals surface area contributed by atoms with Crippen LogP contribution in [0.25, 0.3) is 0 Å². The van der Waals surface area contributed by atoms with Gasteiger partial charge in [-0.3, -0.25) is 4.79 Å². The molecule has 2 N–H and O–H groups in total. The zero-order chi connectivity index (χ0) is 15.2.